The Morgan fingerprint density at radius 2 is 1.73 bits per heavy atom. The summed E-state index contributed by atoms with van der Waals surface area (Å²) < 4.78 is 6.08. The molecule has 0 atom stereocenters. The predicted octanol–water partition coefficient (Wildman–Crippen LogP) is 5.10. The highest BCUT2D eigenvalue weighted by molar-refractivity contribution is 8.27. The lowest BCUT2D eigenvalue weighted by Gasteiger charge is -2.14. The number of ether oxygens (including phenoxy) is 1. The fourth-order valence-corrected chi connectivity index (χ4v) is 4.49. The van der Waals surface area contributed by atoms with Crippen LogP contribution in [-0.2, 0) is 16.1 Å². The average molecular weight is 475 g/mol. The van der Waals surface area contributed by atoms with Crippen LogP contribution in [0, 0.1) is 6.92 Å². The fourth-order valence-electron chi connectivity index (χ4n) is 3.19. The van der Waals surface area contributed by atoms with E-state index in [-0.39, 0.29) is 18.4 Å². The number of hydrogen-bond acceptors (Lipinski definition) is 5. The number of amides is 2. The van der Waals surface area contributed by atoms with Gasteiger partial charge in [0, 0.05) is 6.54 Å². The maximum atomic E-state index is 12.9. The van der Waals surface area contributed by atoms with Crippen molar-refractivity contribution in [3.63, 3.8) is 0 Å². The molecule has 2 amide bonds. The third kappa shape index (κ3) is 5.88. The fraction of sp³-hybridized carbons (Fsp3) is 0.115. The molecule has 0 saturated carbocycles. The number of thioether (sulfide) groups is 1. The molecular formula is C26H22N2O3S2. The molecule has 0 aromatic heterocycles. The van der Waals surface area contributed by atoms with E-state index in [1.807, 2.05) is 79.7 Å². The summed E-state index contributed by atoms with van der Waals surface area (Å²) in [7, 11) is 0. The number of thiocarbonyl (C=S) groups is 1. The highest BCUT2D eigenvalue weighted by Gasteiger charge is 2.33. The van der Waals surface area contributed by atoms with Crippen molar-refractivity contribution in [2.24, 2.45) is 0 Å². The van der Waals surface area contributed by atoms with Gasteiger partial charge in [-0.05, 0) is 48.4 Å². The van der Waals surface area contributed by atoms with Crippen LogP contribution >= 0.6 is 24.0 Å². The van der Waals surface area contributed by atoms with Gasteiger partial charge >= 0.3 is 0 Å². The Balaban J connectivity index is 1.33. The minimum atomic E-state index is -0.192. The lowest BCUT2D eigenvalue weighted by molar-refractivity contribution is -0.123. The second-order valence-electron chi connectivity index (χ2n) is 7.47. The van der Waals surface area contributed by atoms with Crippen LogP contribution in [0.5, 0.6) is 5.75 Å². The quantitative estimate of drug-likeness (QED) is 0.382. The summed E-state index contributed by atoms with van der Waals surface area (Å²) >= 11 is 6.71. The number of rotatable bonds is 7. The molecule has 33 heavy (non-hydrogen) atoms. The number of anilines is 1. The van der Waals surface area contributed by atoms with Crippen LogP contribution < -0.4 is 15.0 Å². The van der Waals surface area contributed by atoms with Crippen LogP contribution in [0.4, 0.5) is 5.69 Å². The molecule has 1 saturated heterocycles. The summed E-state index contributed by atoms with van der Waals surface area (Å²) in [6.45, 7) is 2.39. The third-order valence-corrected chi connectivity index (χ3v) is 6.27. The number of carbonyl (C=O) groups excluding carboxylic acids is 2. The first-order valence-corrected chi connectivity index (χ1v) is 11.6. The van der Waals surface area contributed by atoms with E-state index in [0.717, 1.165) is 22.4 Å². The van der Waals surface area contributed by atoms with E-state index in [1.54, 1.807) is 17.0 Å². The zero-order valence-electron chi connectivity index (χ0n) is 18.0. The molecule has 1 aliphatic rings. The molecule has 0 spiro atoms. The topological polar surface area (TPSA) is 58.6 Å². The Bertz CT molecular complexity index is 1190. The molecule has 0 aliphatic carbocycles. The van der Waals surface area contributed by atoms with E-state index in [1.165, 1.54) is 11.8 Å². The lowest BCUT2D eigenvalue weighted by Crippen LogP contribution is -2.28. The smallest absolute Gasteiger partial charge is 0.270 e. The van der Waals surface area contributed by atoms with Gasteiger partial charge in [-0.2, -0.15) is 0 Å². The van der Waals surface area contributed by atoms with Gasteiger partial charge in [0.1, 0.15) is 5.75 Å². The Morgan fingerprint density at radius 3 is 2.42 bits per heavy atom. The second kappa shape index (κ2) is 10.5. The van der Waals surface area contributed by atoms with Crippen molar-refractivity contribution in [3.05, 3.63) is 100 Å². The van der Waals surface area contributed by atoms with Crippen LogP contribution in [0.3, 0.4) is 0 Å². The largest absolute Gasteiger partial charge is 0.484 e. The summed E-state index contributed by atoms with van der Waals surface area (Å²) in [6.07, 6.45) is 1.81. The first-order valence-electron chi connectivity index (χ1n) is 10.4. The molecule has 4 rings (SSSR count). The minimum Gasteiger partial charge on any atom is -0.484 e. The highest BCUT2D eigenvalue weighted by Crippen LogP contribution is 2.36. The first-order chi connectivity index (χ1) is 16.0. The van der Waals surface area contributed by atoms with Crippen molar-refractivity contribution in [1.29, 1.82) is 0 Å². The Morgan fingerprint density at radius 1 is 1.03 bits per heavy atom. The molecule has 1 fully saturated rings. The van der Waals surface area contributed by atoms with Crippen LogP contribution in [0.2, 0.25) is 0 Å². The van der Waals surface area contributed by atoms with E-state index in [9.17, 15) is 9.59 Å². The van der Waals surface area contributed by atoms with Crippen molar-refractivity contribution in [3.8, 4) is 5.75 Å². The number of nitrogens with zero attached hydrogens (tertiary/aromatic N) is 1. The summed E-state index contributed by atoms with van der Waals surface area (Å²) in [5, 5.41) is 2.83. The van der Waals surface area contributed by atoms with Crippen LogP contribution in [0.15, 0.2) is 83.8 Å². The monoisotopic (exact) mass is 474 g/mol. The Kier molecular flexibility index (Phi) is 7.22. The van der Waals surface area contributed by atoms with Crippen LogP contribution in [-0.4, -0.2) is 22.7 Å². The van der Waals surface area contributed by atoms with E-state index in [2.05, 4.69) is 5.32 Å². The molecule has 1 heterocycles. The van der Waals surface area contributed by atoms with E-state index >= 15 is 0 Å². The maximum Gasteiger partial charge on any atom is 0.270 e. The molecule has 5 nitrogen and oxygen atoms in total. The van der Waals surface area contributed by atoms with Gasteiger partial charge in [0.2, 0.25) is 0 Å². The van der Waals surface area contributed by atoms with Gasteiger partial charge in [-0.3, -0.25) is 14.5 Å². The molecular weight excluding hydrogens is 452 g/mol. The van der Waals surface area contributed by atoms with Gasteiger partial charge in [0.15, 0.2) is 10.9 Å². The van der Waals surface area contributed by atoms with Crippen molar-refractivity contribution >= 4 is 51.9 Å². The van der Waals surface area contributed by atoms with Gasteiger partial charge in [-0.1, -0.05) is 84.1 Å². The number of hydrogen-bond donors (Lipinski definition) is 1. The van der Waals surface area contributed by atoms with Crippen molar-refractivity contribution in [2.75, 3.05) is 11.5 Å². The second-order valence-corrected chi connectivity index (χ2v) is 9.15. The molecule has 1 aliphatic heterocycles. The molecule has 0 radical (unpaired) electrons. The van der Waals surface area contributed by atoms with Crippen molar-refractivity contribution in [1.82, 2.24) is 5.32 Å². The predicted molar refractivity (Wildman–Crippen MR) is 137 cm³/mol. The van der Waals surface area contributed by atoms with Gasteiger partial charge in [-0.15, -0.1) is 0 Å². The molecule has 0 unspecified atom stereocenters. The van der Waals surface area contributed by atoms with Gasteiger partial charge in [-0.25, -0.2) is 0 Å². The Hall–Kier alpha value is -3.42. The molecule has 7 heteroatoms. The van der Waals surface area contributed by atoms with Gasteiger partial charge in [0.05, 0.1) is 10.6 Å². The van der Waals surface area contributed by atoms with Crippen LogP contribution in [0.1, 0.15) is 16.7 Å². The highest BCUT2D eigenvalue weighted by atomic mass is 32.2. The molecule has 1 N–H and O–H groups in total. The van der Waals surface area contributed by atoms with E-state index < -0.39 is 0 Å². The Labute approximate surface area is 202 Å². The molecule has 3 aromatic carbocycles. The van der Waals surface area contributed by atoms with E-state index in [4.69, 9.17) is 17.0 Å². The minimum absolute atomic E-state index is 0.0681. The third-order valence-electron chi connectivity index (χ3n) is 4.97. The van der Waals surface area contributed by atoms with Crippen molar-refractivity contribution < 1.29 is 14.3 Å². The van der Waals surface area contributed by atoms with Gasteiger partial charge in [0.25, 0.3) is 11.8 Å². The standard InChI is InChI=1S/C26H22N2O3S2/c1-18-7-11-21(12-8-18)28-25(30)23(33-26(28)32)15-19-9-13-22(14-10-19)31-17-24(29)27-16-20-5-3-2-4-6-20/h2-15H,16-17H2,1H3,(H,27,29)/b23-15-. The summed E-state index contributed by atoms with van der Waals surface area (Å²) in [6, 6.07) is 24.6. The van der Waals surface area contributed by atoms with Gasteiger partial charge < -0.3 is 10.1 Å². The van der Waals surface area contributed by atoms with Crippen LogP contribution in [0.25, 0.3) is 6.08 Å². The molecule has 3 aromatic rings. The number of nitrogens with one attached hydrogen (secondary N) is 1. The maximum absolute atomic E-state index is 12.9. The SMILES string of the molecule is Cc1ccc(N2C(=O)/C(=C/c3ccc(OCC(=O)NCc4ccccc4)cc3)SC2=S)cc1. The molecule has 166 valence electrons. The normalized spacial score (nSPS) is 14.6. The summed E-state index contributed by atoms with van der Waals surface area (Å²) in [5.41, 5.74) is 3.76. The first kappa shape index (κ1) is 22.8. The van der Waals surface area contributed by atoms with E-state index in [0.29, 0.717) is 21.5 Å². The summed E-state index contributed by atoms with van der Waals surface area (Å²) in [5.74, 6) is 0.251. The zero-order chi connectivity index (χ0) is 23.2. The average Bonchev–Trinajstić information content (AvgIpc) is 3.11. The number of benzene rings is 3. The lowest BCUT2D eigenvalue weighted by atomic mass is 10.2. The van der Waals surface area contributed by atoms with Crippen molar-refractivity contribution in [2.45, 2.75) is 13.5 Å². The number of carbonyl (C=O) groups is 2. The number of aryl methyl sites for hydroxylation is 1. The molecule has 0 bridgehead atoms. The summed E-state index contributed by atoms with van der Waals surface area (Å²) in [4.78, 5) is 27.0. The zero-order valence-corrected chi connectivity index (χ0v) is 19.6.